The molecular formula is C16H27N3O3. The van der Waals surface area contributed by atoms with Gasteiger partial charge in [0.2, 0.25) is 5.91 Å². The van der Waals surface area contributed by atoms with Crippen LogP contribution in [0.1, 0.15) is 39.5 Å². The SMILES string of the molecule is C=CC(C)(C)CC1CCC(C(=O)NCC[C@H](O)CO)N1C#N. The zero-order valence-electron chi connectivity index (χ0n) is 13.5. The average molecular weight is 309 g/mol. The van der Waals surface area contributed by atoms with Gasteiger partial charge < -0.3 is 15.5 Å². The molecule has 3 atom stereocenters. The molecule has 0 aliphatic carbocycles. The van der Waals surface area contributed by atoms with Crippen molar-refractivity contribution in [2.75, 3.05) is 13.2 Å². The van der Waals surface area contributed by atoms with Crippen molar-refractivity contribution in [1.82, 2.24) is 10.2 Å². The Balaban J connectivity index is 2.56. The summed E-state index contributed by atoms with van der Waals surface area (Å²) < 4.78 is 0. The number of amides is 1. The Morgan fingerprint density at radius 2 is 2.27 bits per heavy atom. The van der Waals surface area contributed by atoms with E-state index in [0.29, 0.717) is 19.4 Å². The monoisotopic (exact) mass is 309 g/mol. The Morgan fingerprint density at radius 3 is 2.82 bits per heavy atom. The highest BCUT2D eigenvalue weighted by Gasteiger charge is 2.39. The van der Waals surface area contributed by atoms with Gasteiger partial charge in [0.25, 0.3) is 0 Å². The smallest absolute Gasteiger partial charge is 0.243 e. The molecule has 1 fully saturated rings. The molecule has 1 heterocycles. The Kier molecular flexibility index (Phi) is 6.85. The summed E-state index contributed by atoms with van der Waals surface area (Å²) >= 11 is 0. The first-order chi connectivity index (χ1) is 10.3. The van der Waals surface area contributed by atoms with E-state index in [1.54, 1.807) is 4.90 Å². The van der Waals surface area contributed by atoms with Crippen LogP contribution in [0.4, 0.5) is 0 Å². The number of likely N-dealkylation sites (tertiary alicyclic amines) is 1. The zero-order chi connectivity index (χ0) is 16.8. The number of aliphatic hydroxyl groups excluding tert-OH is 2. The second-order valence-electron chi connectivity index (χ2n) is 6.57. The molecule has 1 rings (SSSR count). The molecular weight excluding hydrogens is 282 g/mol. The summed E-state index contributed by atoms with van der Waals surface area (Å²) in [6, 6.07) is -0.390. The molecule has 1 aliphatic heterocycles. The van der Waals surface area contributed by atoms with Gasteiger partial charge >= 0.3 is 0 Å². The van der Waals surface area contributed by atoms with Gasteiger partial charge in [-0.3, -0.25) is 9.69 Å². The van der Waals surface area contributed by atoms with E-state index in [4.69, 9.17) is 5.11 Å². The van der Waals surface area contributed by atoms with E-state index >= 15 is 0 Å². The molecule has 3 N–H and O–H groups in total. The molecule has 0 bridgehead atoms. The van der Waals surface area contributed by atoms with E-state index in [0.717, 1.165) is 12.8 Å². The van der Waals surface area contributed by atoms with Gasteiger partial charge in [0.15, 0.2) is 6.19 Å². The summed E-state index contributed by atoms with van der Waals surface area (Å²) in [5, 5.41) is 30.1. The molecule has 0 aromatic rings. The van der Waals surface area contributed by atoms with Crippen LogP contribution in [0.2, 0.25) is 0 Å². The van der Waals surface area contributed by atoms with Crippen molar-refractivity contribution in [1.29, 1.82) is 5.26 Å². The third-order valence-corrected chi connectivity index (χ3v) is 4.22. The van der Waals surface area contributed by atoms with Gasteiger partial charge in [-0.1, -0.05) is 19.9 Å². The van der Waals surface area contributed by atoms with Crippen molar-refractivity contribution in [3.05, 3.63) is 12.7 Å². The number of hydrogen-bond acceptors (Lipinski definition) is 5. The molecule has 1 aliphatic rings. The minimum absolute atomic E-state index is 0.0526. The summed E-state index contributed by atoms with van der Waals surface area (Å²) in [4.78, 5) is 13.8. The van der Waals surface area contributed by atoms with Crippen molar-refractivity contribution in [3.8, 4) is 6.19 Å². The fourth-order valence-corrected chi connectivity index (χ4v) is 2.75. The van der Waals surface area contributed by atoms with E-state index in [9.17, 15) is 15.2 Å². The van der Waals surface area contributed by atoms with Crippen LogP contribution in [0.15, 0.2) is 12.7 Å². The maximum absolute atomic E-state index is 12.2. The molecule has 0 radical (unpaired) electrons. The van der Waals surface area contributed by atoms with E-state index in [2.05, 4.69) is 31.9 Å². The lowest BCUT2D eigenvalue weighted by atomic mass is 9.85. The lowest BCUT2D eigenvalue weighted by Gasteiger charge is -2.29. The quantitative estimate of drug-likeness (QED) is 0.454. The van der Waals surface area contributed by atoms with Crippen LogP contribution in [0.3, 0.4) is 0 Å². The molecule has 0 aromatic heterocycles. The minimum atomic E-state index is -0.822. The highest BCUT2D eigenvalue weighted by atomic mass is 16.3. The lowest BCUT2D eigenvalue weighted by Crippen LogP contribution is -2.45. The van der Waals surface area contributed by atoms with Gasteiger partial charge in [0, 0.05) is 12.6 Å². The molecule has 0 spiro atoms. The number of carbonyl (C=O) groups is 1. The third-order valence-electron chi connectivity index (χ3n) is 4.22. The predicted octanol–water partition coefficient (Wildman–Crippen LogP) is 0.762. The second kappa shape index (κ2) is 8.16. The normalized spacial score (nSPS) is 23.0. The predicted molar refractivity (Wildman–Crippen MR) is 83.6 cm³/mol. The van der Waals surface area contributed by atoms with Crippen LogP contribution >= 0.6 is 0 Å². The molecule has 124 valence electrons. The topological polar surface area (TPSA) is 96.6 Å². The summed E-state index contributed by atoms with van der Waals surface area (Å²) in [5.41, 5.74) is -0.0730. The Morgan fingerprint density at radius 1 is 1.59 bits per heavy atom. The van der Waals surface area contributed by atoms with Crippen molar-refractivity contribution >= 4 is 5.91 Å². The van der Waals surface area contributed by atoms with Gasteiger partial charge in [-0.2, -0.15) is 5.26 Å². The van der Waals surface area contributed by atoms with Crippen LogP contribution in [0.5, 0.6) is 0 Å². The average Bonchev–Trinajstić information content (AvgIpc) is 2.88. The maximum atomic E-state index is 12.2. The van der Waals surface area contributed by atoms with Crippen LogP contribution in [0.25, 0.3) is 0 Å². The van der Waals surface area contributed by atoms with E-state index in [-0.39, 0.29) is 24.0 Å². The zero-order valence-corrected chi connectivity index (χ0v) is 13.5. The first-order valence-electron chi connectivity index (χ1n) is 7.73. The number of carbonyl (C=O) groups excluding carboxylic acids is 1. The molecule has 0 saturated carbocycles. The van der Waals surface area contributed by atoms with Gasteiger partial charge in [-0.05, 0) is 31.1 Å². The molecule has 22 heavy (non-hydrogen) atoms. The Hall–Kier alpha value is -1.58. The lowest BCUT2D eigenvalue weighted by molar-refractivity contribution is -0.125. The molecule has 1 amide bonds. The second-order valence-corrected chi connectivity index (χ2v) is 6.57. The standard InChI is InChI=1S/C16H27N3O3/c1-4-16(2,3)9-12-5-6-14(19(12)11-17)15(22)18-8-7-13(21)10-20/h4,12-14,20-21H,1,5-10H2,2-3H3,(H,18,22)/t12?,13-,14?/m0/s1. The van der Waals surface area contributed by atoms with E-state index in [1.807, 2.05) is 6.08 Å². The highest BCUT2D eigenvalue weighted by Crippen LogP contribution is 2.33. The maximum Gasteiger partial charge on any atom is 0.243 e. The molecule has 0 aromatic carbocycles. The molecule has 6 nitrogen and oxygen atoms in total. The third kappa shape index (κ3) is 5.00. The highest BCUT2D eigenvalue weighted by molar-refractivity contribution is 5.82. The van der Waals surface area contributed by atoms with Gasteiger partial charge in [-0.15, -0.1) is 6.58 Å². The van der Waals surface area contributed by atoms with E-state index in [1.165, 1.54) is 0 Å². The number of nitrogens with one attached hydrogen (secondary N) is 1. The number of nitrogens with zero attached hydrogens (tertiary/aromatic N) is 2. The van der Waals surface area contributed by atoms with Crippen molar-refractivity contribution < 1.29 is 15.0 Å². The molecule has 1 saturated heterocycles. The summed E-state index contributed by atoms with van der Waals surface area (Å²) in [6.07, 6.45) is 5.76. The van der Waals surface area contributed by atoms with Gasteiger partial charge in [-0.25, -0.2) is 0 Å². The fourth-order valence-electron chi connectivity index (χ4n) is 2.75. The summed E-state index contributed by atoms with van der Waals surface area (Å²) in [5.74, 6) is -0.189. The van der Waals surface area contributed by atoms with Crippen LogP contribution < -0.4 is 5.32 Å². The van der Waals surface area contributed by atoms with Crippen molar-refractivity contribution in [2.45, 2.75) is 57.7 Å². The Labute approximate surface area is 132 Å². The van der Waals surface area contributed by atoms with E-state index < -0.39 is 12.1 Å². The summed E-state index contributed by atoms with van der Waals surface area (Å²) in [7, 11) is 0. The number of rotatable bonds is 8. The van der Waals surface area contributed by atoms with Gasteiger partial charge in [0.05, 0.1) is 12.7 Å². The van der Waals surface area contributed by atoms with Crippen LogP contribution in [-0.4, -0.2) is 52.4 Å². The number of aliphatic hydroxyl groups is 2. The largest absolute Gasteiger partial charge is 0.394 e. The number of nitriles is 1. The molecule has 6 heteroatoms. The number of allylic oxidation sites excluding steroid dienone is 1. The minimum Gasteiger partial charge on any atom is -0.394 e. The molecule has 2 unspecified atom stereocenters. The summed E-state index contributed by atoms with van der Waals surface area (Å²) in [6.45, 7) is 7.93. The number of hydrogen-bond donors (Lipinski definition) is 3. The Bertz CT molecular complexity index is 431. The van der Waals surface area contributed by atoms with Crippen molar-refractivity contribution in [3.63, 3.8) is 0 Å². The first-order valence-corrected chi connectivity index (χ1v) is 7.73. The van der Waals surface area contributed by atoms with Gasteiger partial charge in [0.1, 0.15) is 6.04 Å². The van der Waals surface area contributed by atoms with Crippen LogP contribution in [0, 0.1) is 16.9 Å². The van der Waals surface area contributed by atoms with Crippen LogP contribution in [-0.2, 0) is 4.79 Å². The first kappa shape index (κ1) is 18.5. The fraction of sp³-hybridized carbons (Fsp3) is 0.750. The van der Waals surface area contributed by atoms with Crippen molar-refractivity contribution in [2.24, 2.45) is 5.41 Å².